The minimum absolute atomic E-state index is 0.216. The van der Waals surface area contributed by atoms with E-state index in [0.29, 0.717) is 22.1 Å². The van der Waals surface area contributed by atoms with Crippen molar-refractivity contribution in [2.75, 3.05) is 0 Å². The van der Waals surface area contributed by atoms with E-state index in [-0.39, 0.29) is 4.90 Å². The van der Waals surface area contributed by atoms with Crippen molar-refractivity contribution >= 4 is 43.9 Å². The Kier molecular flexibility index (Phi) is 5.19. The summed E-state index contributed by atoms with van der Waals surface area (Å²) in [7, 11) is -3.80. The second-order valence-electron chi connectivity index (χ2n) is 7.75. The molecule has 0 bridgehead atoms. The molecular formula is C26H20ClN3O2S. The smallest absolute Gasteiger partial charge is 0.269 e. The molecule has 0 saturated heterocycles. The van der Waals surface area contributed by atoms with Crippen LogP contribution in [0.5, 0.6) is 0 Å². The first-order valence-electron chi connectivity index (χ1n) is 10.3. The number of rotatable bonds is 4. The van der Waals surface area contributed by atoms with Gasteiger partial charge in [0.1, 0.15) is 0 Å². The molecule has 0 aliphatic carbocycles. The molecule has 2 aromatic carbocycles. The fourth-order valence-electron chi connectivity index (χ4n) is 4.06. The maximum atomic E-state index is 13.4. The highest BCUT2D eigenvalue weighted by Gasteiger charge is 2.24. The molecule has 1 aliphatic heterocycles. The normalized spacial score (nSPS) is 14.1. The first-order chi connectivity index (χ1) is 15.9. The van der Waals surface area contributed by atoms with Crippen molar-refractivity contribution in [2.45, 2.75) is 11.8 Å². The molecule has 0 saturated carbocycles. The summed E-state index contributed by atoms with van der Waals surface area (Å²) in [6, 6.07) is 19.7. The lowest BCUT2D eigenvalue weighted by atomic mass is 9.97. The van der Waals surface area contributed by atoms with Gasteiger partial charge >= 0.3 is 0 Å². The Hall–Kier alpha value is -3.61. The third-order valence-electron chi connectivity index (χ3n) is 5.52. The lowest BCUT2D eigenvalue weighted by Crippen LogP contribution is -2.15. The van der Waals surface area contributed by atoms with Gasteiger partial charge < -0.3 is 5.32 Å². The van der Waals surface area contributed by atoms with E-state index in [9.17, 15) is 8.42 Å². The van der Waals surface area contributed by atoms with Crippen LogP contribution in [0.2, 0.25) is 5.02 Å². The Bertz CT molecular complexity index is 1580. The average molecular weight is 474 g/mol. The quantitative estimate of drug-likeness (QED) is 0.408. The molecular weight excluding hydrogens is 454 g/mol. The van der Waals surface area contributed by atoms with E-state index in [4.69, 9.17) is 11.6 Å². The van der Waals surface area contributed by atoms with E-state index in [0.717, 1.165) is 27.8 Å². The summed E-state index contributed by atoms with van der Waals surface area (Å²) < 4.78 is 28.1. The first-order valence-corrected chi connectivity index (χ1v) is 12.1. The number of pyridine rings is 1. The van der Waals surface area contributed by atoms with Crippen LogP contribution in [0.1, 0.15) is 16.8 Å². The van der Waals surface area contributed by atoms with Crippen LogP contribution in [0.25, 0.3) is 22.3 Å². The number of dihydropyridines is 1. The highest BCUT2D eigenvalue weighted by atomic mass is 35.5. The molecule has 0 amide bonds. The van der Waals surface area contributed by atoms with E-state index < -0.39 is 10.0 Å². The standard InChI is InChI=1S/C26H20ClN3O2S/c1-17-14-19(16-25(29-17)22-10-6-7-11-24(22)27)21-12-13-28-26-23(21)15-18(2)30(26)33(31,32)20-8-4-3-5-9-20/h3-16,29H,1H2,2H3. The molecule has 5 rings (SSSR count). The molecule has 5 nitrogen and oxygen atoms in total. The van der Waals surface area contributed by atoms with Crippen LogP contribution in [0.15, 0.2) is 102 Å². The zero-order chi connectivity index (χ0) is 23.2. The number of allylic oxidation sites excluding steroid dienone is 3. The van der Waals surface area contributed by atoms with Gasteiger partial charge in [-0.25, -0.2) is 17.4 Å². The number of aromatic nitrogens is 2. The van der Waals surface area contributed by atoms with Gasteiger partial charge in [-0.15, -0.1) is 0 Å². The van der Waals surface area contributed by atoms with E-state index >= 15 is 0 Å². The van der Waals surface area contributed by atoms with Crippen molar-refractivity contribution in [3.63, 3.8) is 0 Å². The van der Waals surface area contributed by atoms with Crippen LogP contribution < -0.4 is 5.32 Å². The Labute approximate surface area is 197 Å². The number of hydrogen-bond donors (Lipinski definition) is 1. The molecule has 0 atom stereocenters. The van der Waals surface area contributed by atoms with Gasteiger partial charge in [0.05, 0.1) is 4.90 Å². The van der Waals surface area contributed by atoms with Gasteiger partial charge in [-0.05, 0) is 60.5 Å². The molecule has 1 N–H and O–H groups in total. The van der Waals surface area contributed by atoms with Crippen molar-refractivity contribution < 1.29 is 8.42 Å². The maximum Gasteiger partial charge on any atom is 0.269 e. The minimum atomic E-state index is -3.80. The molecule has 0 spiro atoms. The van der Waals surface area contributed by atoms with Gasteiger partial charge in [-0.3, -0.25) is 0 Å². The Balaban J connectivity index is 1.69. The molecule has 0 radical (unpaired) electrons. The summed E-state index contributed by atoms with van der Waals surface area (Å²) in [6.45, 7) is 5.86. The Morgan fingerprint density at radius 1 is 0.970 bits per heavy atom. The summed E-state index contributed by atoms with van der Waals surface area (Å²) in [5.41, 5.74) is 5.09. The van der Waals surface area contributed by atoms with E-state index in [1.165, 1.54) is 3.97 Å². The van der Waals surface area contributed by atoms with Crippen LogP contribution in [-0.4, -0.2) is 17.4 Å². The largest absolute Gasteiger partial charge is 0.355 e. The number of nitrogens with zero attached hydrogens (tertiary/aromatic N) is 2. The lowest BCUT2D eigenvalue weighted by molar-refractivity contribution is 0.587. The summed E-state index contributed by atoms with van der Waals surface area (Å²) in [6.07, 6.45) is 5.54. The summed E-state index contributed by atoms with van der Waals surface area (Å²) in [4.78, 5) is 4.65. The predicted molar refractivity (Wildman–Crippen MR) is 133 cm³/mol. The SMILES string of the molecule is C=C1C=C(c2ccnc3c2cc(C)n3S(=O)(=O)c2ccccc2)C=C(c2ccccc2Cl)N1. The predicted octanol–water partition coefficient (Wildman–Crippen LogP) is 5.78. The lowest BCUT2D eigenvalue weighted by Gasteiger charge is -2.19. The number of benzene rings is 2. The number of aryl methyl sites for hydroxylation is 1. The van der Waals surface area contributed by atoms with Crippen LogP contribution in [-0.2, 0) is 10.0 Å². The van der Waals surface area contributed by atoms with Gasteiger partial charge in [0.25, 0.3) is 10.0 Å². The van der Waals surface area contributed by atoms with Gasteiger partial charge in [0.15, 0.2) is 5.65 Å². The van der Waals surface area contributed by atoms with Crippen LogP contribution in [0.3, 0.4) is 0 Å². The Morgan fingerprint density at radius 3 is 2.45 bits per heavy atom. The van der Waals surface area contributed by atoms with Gasteiger partial charge in [-0.1, -0.05) is 54.6 Å². The number of nitrogens with one attached hydrogen (secondary N) is 1. The second-order valence-corrected chi connectivity index (χ2v) is 9.95. The summed E-state index contributed by atoms with van der Waals surface area (Å²) >= 11 is 6.42. The van der Waals surface area contributed by atoms with Crippen molar-refractivity contribution in [3.8, 4) is 0 Å². The third-order valence-corrected chi connectivity index (χ3v) is 7.66. The molecule has 33 heavy (non-hydrogen) atoms. The molecule has 7 heteroatoms. The zero-order valence-electron chi connectivity index (χ0n) is 17.8. The van der Waals surface area contributed by atoms with Crippen molar-refractivity contribution in [2.24, 2.45) is 0 Å². The van der Waals surface area contributed by atoms with Crippen LogP contribution >= 0.6 is 11.6 Å². The van der Waals surface area contributed by atoms with Crippen molar-refractivity contribution in [3.05, 3.63) is 119 Å². The van der Waals surface area contributed by atoms with Gasteiger partial charge in [0.2, 0.25) is 0 Å². The van der Waals surface area contributed by atoms with E-state index in [2.05, 4.69) is 16.9 Å². The van der Waals surface area contributed by atoms with Crippen molar-refractivity contribution in [1.29, 1.82) is 0 Å². The summed E-state index contributed by atoms with van der Waals surface area (Å²) in [5.74, 6) is 0. The van der Waals surface area contributed by atoms with Crippen molar-refractivity contribution in [1.82, 2.24) is 14.3 Å². The third kappa shape index (κ3) is 3.67. The second kappa shape index (κ2) is 8.06. The molecule has 1 aliphatic rings. The fourth-order valence-corrected chi connectivity index (χ4v) is 5.82. The number of fused-ring (bicyclic) bond motifs is 1. The first kappa shape index (κ1) is 21.2. The van der Waals surface area contributed by atoms with Gasteiger partial charge in [-0.2, -0.15) is 0 Å². The maximum absolute atomic E-state index is 13.4. The van der Waals surface area contributed by atoms with Crippen LogP contribution in [0.4, 0.5) is 0 Å². The highest BCUT2D eigenvalue weighted by Crippen LogP contribution is 2.34. The number of halogens is 1. The molecule has 4 aromatic rings. The molecule has 2 aromatic heterocycles. The zero-order valence-corrected chi connectivity index (χ0v) is 19.4. The molecule has 0 fully saturated rings. The van der Waals surface area contributed by atoms with E-state index in [1.54, 1.807) is 43.5 Å². The molecule has 0 unspecified atom stereocenters. The fraction of sp³-hybridized carbons (Fsp3) is 0.0385. The topological polar surface area (TPSA) is 64.0 Å². The highest BCUT2D eigenvalue weighted by molar-refractivity contribution is 7.90. The monoisotopic (exact) mass is 473 g/mol. The minimum Gasteiger partial charge on any atom is -0.355 e. The van der Waals surface area contributed by atoms with Crippen LogP contribution in [0, 0.1) is 6.92 Å². The van der Waals surface area contributed by atoms with E-state index in [1.807, 2.05) is 48.6 Å². The number of hydrogen-bond acceptors (Lipinski definition) is 4. The summed E-state index contributed by atoms with van der Waals surface area (Å²) in [5, 5.41) is 4.64. The molecule has 3 heterocycles. The molecule has 164 valence electrons. The Morgan fingerprint density at radius 2 is 1.70 bits per heavy atom. The average Bonchev–Trinajstić information content (AvgIpc) is 3.16. The van der Waals surface area contributed by atoms with Gasteiger partial charge in [0, 0.05) is 39.3 Å².